The Balaban J connectivity index is 2.82. The molecular formula is C15H28BrN3O2. The SMILES string of the molecule is CCCNC(CCC(C)OC)c1c(Br)cnn1CCOC. The van der Waals surface area contributed by atoms with Crippen LogP contribution in [0.2, 0.25) is 0 Å². The van der Waals surface area contributed by atoms with Crippen molar-refractivity contribution in [1.82, 2.24) is 15.1 Å². The molecule has 0 fully saturated rings. The van der Waals surface area contributed by atoms with Gasteiger partial charge in [-0.05, 0) is 48.7 Å². The minimum Gasteiger partial charge on any atom is -0.383 e. The summed E-state index contributed by atoms with van der Waals surface area (Å²) in [5.41, 5.74) is 1.20. The third-order valence-corrected chi connectivity index (χ3v) is 4.19. The standard InChI is InChI=1S/C15H28BrN3O2/c1-5-8-17-14(7-6-12(2)21-4)15-13(16)11-18-19(15)9-10-20-3/h11-12,14,17H,5-10H2,1-4H3. The van der Waals surface area contributed by atoms with Crippen LogP contribution in [-0.4, -0.2) is 43.3 Å². The highest BCUT2D eigenvalue weighted by atomic mass is 79.9. The molecule has 0 amide bonds. The normalized spacial score (nSPS) is 14.3. The van der Waals surface area contributed by atoms with Gasteiger partial charge in [0.2, 0.25) is 0 Å². The van der Waals surface area contributed by atoms with Crippen LogP contribution in [0.5, 0.6) is 0 Å². The van der Waals surface area contributed by atoms with Crippen molar-refractivity contribution < 1.29 is 9.47 Å². The van der Waals surface area contributed by atoms with Crippen molar-refractivity contribution in [2.24, 2.45) is 0 Å². The number of hydrogen-bond donors (Lipinski definition) is 1. The predicted octanol–water partition coefficient (Wildman–Crippen LogP) is 3.15. The van der Waals surface area contributed by atoms with Crippen LogP contribution in [-0.2, 0) is 16.0 Å². The molecular weight excluding hydrogens is 334 g/mol. The molecule has 0 saturated carbocycles. The van der Waals surface area contributed by atoms with Crippen molar-refractivity contribution in [3.05, 3.63) is 16.4 Å². The first-order valence-electron chi connectivity index (χ1n) is 7.60. The molecule has 0 radical (unpaired) electrons. The van der Waals surface area contributed by atoms with Crippen LogP contribution in [0, 0.1) is 0 Å². The van der Waals surface area contributed by atoms with Crippen LogP contribution in [0.1, 0.15) is 44.8 Å². The van der Waals surface area contributed by atoms with E-state index in [1.807, 2.05) is 10.9 Å². The third-order valence-electron chi connectivity index (χ3n) is 3.58. The van der Waals surface area contributed by atoms with E-state index in [-0.39, 0.29) is 12.1 Å². The lowest BCUT2D eigenvalue weighted by atomic mass is 10.1. The summed E-state index contributed by atoms with van der Waals surface area (Å²) in [7, 11) is 3.48. The fourth-order valence-electron chi connectivity index (χ4n) is 2.25. The molecule has 5 nitrogen and oxygen atoms in total. The first-order valence-corrected chi connectivity index (χ1v) is 8.39. The second kappa shape index (κ2) is 10.3. The Bertz CT molecular complexity index is 398. The van der Waals surface area contributed by atoms with Crippen molar-refractivity contribution in [2.75, 3.05) is 27.4 Å². The summed E-state index contributed by atoms with van der Waals surface area (Å²) in [6.45, 7) is 6.71. The molecule has 1 rings (SSSR count). The van der Waals surface area contributed by atoms with E-state index < -0.39 is 0 Å². The van der Waals surface area contributed by atoms with Gasteiger partial charge in [-0.3, -0.25) is 4.68 Å². The molecule has 1 N–H and O–H groups in total. The van der Waals surface area contributed by atoms with Crippen molar-refractivity contribution in [3.8, 4) is 0 Å². The minimum absolute atomic E-state index is 0.269. The second-order valence-electron chi connectivity index (χ2n) is 5.22. The molecule has 122 valence electrons. The van der Waals surface area contributed by atoms with E-state index >= 15 is 0 Å². The maximum atomic E-state index is 5.37. The zero-order valence-corrected chi connectivity index (χ0v) is 15.1. The molecule has 1 aromatic heterocycles. The maximum Gasteiger partial charge on any atom is 0.0696 e. The van der Waals surface area contributed by atoms with Crippen LogP contribution in [0.3, 0.4) is 0 Å². The highest BCUT2D eigenvalue weighted by Gasteiger charge is 2.20. The van der Waals surface area contributed by atoms with Crippen LogP contribution in [0.4, 0.5) is 0 Å². The summed E-state index contributed by atoms with van der Waals surface area (Å²) in [4.78, 5) is 0. The lowest BCUT2D eigenvalue weighted by Crippen LogP contribution is -2.27. The number of aromatic nitrogens is 2. The van der Waals surface area contributed by atoms with Crippen molar-refractivity contribution in [2.45, 2.75) is 51.8 Å². The molecule has 0 bridgehead atoms. The Morgan fingerprint density at radius 1 is 1.38 bits per heavy atom. The summed E-state index contributed by atoms with van der Waals surface area (Å²) in [5.74, 6) is 0. The van der Waals surface area contributed by atoms with E-state index in [0.717, 1.165) is 36.8 Å². The van der Waals surface area contributed by atoms with Gasteiger partial charge in [-0.15, -0.1) is 0 Å². The lowest BCUT2D eigenvalue weighted by molar-refractivity contribution is 0.105. The molecule has 0 spiro atoms. The predicted molar refractivity (Wildman–Crippen MR) is 88.5 cm³/mol. The Labute approximate surface area is 136 Å². The number of hydrogen-bond acceptors (Lipinski definition) is 4. The summed E-state index contributed by atoms with van der Waals surface area (Å²) in [6.07, 6.45) is 5.28. The monoisotopic (exact) mass is 361 g/mol. The van der Waals surface area contributed by atoms with Crippen molar-refractivity contribution >= 4 is 15.9 Å². The molecule has 0 aliphatic carbocycles. The summed E-state index contributed by atoms with van der Waals surface area (Å²) in [6, 6.07) is 0.274. The molecule has 21 heavy (non-hydrogen) atoms. The third kappa shape index (κ3) is 6.06. The highest BCUT2D eigenvalue weighted by Crippen LogP contribution is 2.27. The van der Waals surface area contributed by atoms with E-state index in [1.54, 1.807) is 14.2 Å². The van der Waals surface area contributed by atoms with E-state index in [4.69, 9.17) is 9.47 Å². The number of halogens is 1. The zero-order chi connectivity index (χ0) is 15.7. The Morgan fingerprint density at radius 3 is 2.76 bits per heavy atom. The van der Waals surface area contributed by atoms with Gasteiger partial charge in [0.05, 0.1) is 41.7 Å². The van der Waals surface area contributed by atoms with Crippen molar-refractivity contribution in [1.29, 1.82) is 0 Å². The Hall–Kier alpha value is -0.430. The second-order valence-corrected chi connectivity index (χ2v) is 6.08. The van der Waals surface area contributed by atoms with E-state index in [1.165, 1.54) is 5.69 Å². The molecule has 0 saturated heterocycles. The molecule has 1 aromatic rings. The van der Waals surface area contributed by atoms with Crippen LogP contribution < -0.4 is 5.32 Å². The Morgan fingerprint density at radius 2 is 2.14 bits per heavy atom. The summed E-state index contributed by atoms with van der Waals surface area (Å²) < 4.78 is 13.6. The molecule has 1 heterocycles. The van der Waals surface area contributed by atoms with Crippen molar-refractivity contribution in [3.63, 3.8) is 0 Å². The van der Waals surface area contributed by atoms with Gasteiger partial charge in [-0.25, -0.2) is 0 Å². The number of rotatable bonds is 11. The first-order chi connectivity index (χ1) is 10.1. The van der Waals surface area contributed by atoms with Gasteiger partial charge in [-0.2, -0.15) is 5.10 Å². The van der Waals surface area contributed by atoms with Crippen LogP contribution in [0.15, 0.2) is 10.7 Å². The Kier molecular flexibility index (Phi) is 9.15. The van der Waals surface area contributed by atoms with Crippen LogP contribution >= 0.6 is 15.9 Å². The fourth-order valence-corrected chi connectivity index (χ4v) is 2.82. The van der Waals surface area contributed by atoms with Gasteiger partial charge in [0.15, 0.2) is 0 Å². The molecule has 0 aliphatic rings. The van der Waals surface area contributed by atoms with E-state index in [0.29, 0.717) is 6.61 Å². The molecule has 0 aromatic carbocycles. The topological polar surface area (TPSA) is 48.3 Å². The van der Waals surface area contributed by atoms with E-state index in [2.05, 4.69) is 40.2 Å². The lowest BCUT2D eigenvalue weighted by Gasteiger charge is -2.22. The number of nitrogens with one attached hydrogen (secondary N) is 1. The number of methoxy groups -OCH3 is 2. The molecule has 0 aliphatic heterocycles. The molecule has 2 unspecified atom stereocenters. The molecule has 2 atom stereocenters. The van der Waals surface area contributed by atoms with Gasteiger partial charge in [0.25, 0.3) is 0 Å². The minimum atomic E-state index is 0.269. The average Bonchev–Trinajstić information content (AvgIpc) is 2.86. The fraction of sp³-hybridized carbons (Fsp3) is 0.800. The van der Waals surface area contributed by atoms with Gasteiger partial charge in [0.1, 0.15) is 0 Å². The largest absolute Gasteiger partial charge is 0.383 e. The first kappa shape index (κ1) is 18.6. The zero-order valence-electron chi connectivity index (χ0n) is 13.6. The summed E-state index contributed by atoms with van der Waals surface area (Å²) >= 11 is 3.63. The van der Waals surface area contributed by atoms with Gasteiger partial charge in [-0.1, -0.05) is 6.92 Å². The smallest absolute Gasteiger partial charge is 0.0696 e. The van der Waals surface area contributed by atoms with Gasteiger partial charge in [0, 0.05) is 14.2 Å². The average molecular weight is 362 g/mol. The quantitative estimate of drug-likeness (QED) is 0.657. The number of nitrogens with zero attached hydrogens (tertiary/aromatic N) is 2. The van der Waals surface area contributed by atoms with Gasteiger partial charge >= 0.3 is 0 Å². The van der Waals surface area contributed by atoms with E-state index in [9.17, 15) is 0 Å². The maximum absolute atomic E-state index is 5.37. The number of ether oxygens (including phenoxy) is 2. The van der Waals surface area contributed by atoms with Crippen LogP contribution in [0.25, 0.3) is 0 Å². The molecule has 6 heteroatoms. The highest BCUT2D eigenvalue weighted by molar-refractivity contribution is 9.10. The summed E-state index contributed by atoms with van der Waals surface area (Å²) in [5, 5.41) is 8.07. The van der Waals surface area contributed by atoms with Gasteiger partial charge < -0.3 is 14.8 Å².